The van der Waals surface area contributed by atoms with Gasteiger partial charge in [0, 0.05) is 19.0 Å². The molecule has 1 aromatic rings. The first-order valence-electron chi connectivity index (χ1n) is 8.42. The second kappa shape index (κ2) is 6.47. The smallest absolute Gasteiger partial charge is 0.138 e. The van der Waals surface area contributed by atoms with Crippen LogP contribution >= 0.6 is 0 Å². The molecule has 4 heteroatoms. The molecule has 3 unspecified atom stereocenters. The highest BCUT2D eigenvalue weighted by molar-refractivity contribution is 4.97. The number of nitrogens with zero attached hydrogens (tertiary/aromatic N) is 3. The molecule has 3 atom stereocenters. The van der Waals surface area contributed by atoms with Gasteiger partial charge in [-0.2, -0.15) is 5.10 Å². The van der Waals surface area contributed by atoms with Crippen LogP contribution in [-0.2, 0) is 13.0 Å². The zero-order valence-electron chi connectivity index (χ0n) is 14.3. The zero-order chi connectivity index (χ0) is 15.6. The van der Waals surface area contributed by atoms with Gasteiger partial charge in [-0.25, -0.2) is 9.67 Å². The predicted molar refractivity (Wildman–Crippen MR) is 86.8 cm³/mol. The fraction of sp³-hybridized carbons (Fsp3) is 0.882. The van der Waals surface area contributed by atoms with Gasteiger partial charge in [-0.3, -0.25) is 0 Å². The van der Waals surface area contributed by atoms with Crippen LogP contribution in [0.1, 0.15) is 59.7 Å². The summed E-state index contributed by atoms with van der Waals surface area (Å²) >= 11 is 0. The summed E-state index contributed by atoms with van der Waals surface area (Å²) in [7, 11) is 0. The van der Waals surface area contributed by atoms with E-state index in [0.29, 0.717) is 17.9 Å². The molecule has 0 aromatic carbocycles. The van der Waals surface area contributed by atoms with Gasteiger partial charge in [0.2, 0.25) is 0 Å². The van der Waals surface area contributed by atoms with Gasteiger partial charge in [0.25, 0.3) is 0 Å². The van der Waals surface area contributed by atoms with E-state index in [9.17, 15) is 0 Å². The molecule has 0 amide bonds. The van der Waals surface area contributed by atoms with Crippen molar-refractivity contribution in [3.8, 4) is 0 Å². The van der Waals surface area contributed by atoms with Crippen LogP contribution in [0.5, 0.6) is 0 Å². The van der Waals surface area contributed by atoms with E-state index < -0.39 is 0 Å². The first-order valence-corrected chi connectivity index (χ1v) is 8.42. The number of nitrogens with two attached hydrogens (primary N) is 1. The highest BCUT2D eigenvalue weighted by Crippen LogP contribution is 2.41. The van der Waals surface area contributed by atoms with Gasteiger partial charge in [-0.15, -0.1) is 0 Å². The quantitative estimate of drug-likeness (QED) is 0.906. The molecule has 0 spiro atoms. The predicted octanol–water partition coefficient (Wildman–Crippen LogP) is 3.27. The van der Waals surface area contributed by atoms with Gasteiger partial charge in [-0.05, 0) is 36.0 Å². The van der Waals surface area contributed by atoms with Crippen LogP contribution in [0.25, 0.3) is 0 Å². The minimum Gasteiger partial charge on any atom is -0.327 e. The van der Waals surface area contributed by atoms with E-state index in [-0.39, 0.29) is 5.41 Å². The first-order chi connectivity index (χ1) is 9.79. The third-order valence-corrected chi connectivity index (χ3v) is 5.01. The Morgan fingerprint density at radius 3 is 2.71 bits per heavy atom. The molecule has 2 N–H and O–H groups in total. The van der Waals surface area contributed by atoms with Crippen LogP contribution in [0, 0.1) is 23.2 Å². The molecule has 0 saturated heterocycles. The summed E-state index contributed by atoms with van der Waals surface area (Å²) in [6.45, 7) is 12.4. The van der Waals surface area contributed by atoms with E-state index in [1.807, 2.05) is 0 Å². The second-order valence-electron chi connectivity index (χ2n) is 8.11. The Morgan fingerprint density at radius 1 is 1.38 bits per heavy atom. The van der Waals surface area contributed by atoms with Crippen LogP contribution in [0.15, 0.2) is 6.33 Å². The fourth-order valence-corrected chi connectivity index (χ4v) is 3.86. The molecule has 0 bridgehead atoms. The van der Waals surface area contributed by atoms with Crippen molar-refractivity contribution in [2.45, 2.75) is 72.9 Å². The molecule has 1 fully saturated rings. The van der Waals surface area contributed by atoms with Crippen molar-refractivity contribution in [3.05, 3.63) is 12.2 Å². The fourth-order valence-electron chi connectivity index (χ4n) is 3.86. The number of aromatic nitrogens is 3. The van der Waals surface area contributed by atoms with Crippen molar-refractivity contribution in [2.24, 2.45) is 28.9 Å². The Bertz CT molecular complexity index is 449. The van der Waals surface area contributed by atoms with E-state index in [2.05, 4.69) is 49.4 Å². The molecular weight excluding hydrogens is 260 g/mol. The Hall–Kier alpha value is -0.900. The topological polar surface area (TPSA) is 56.7 Å². The second-order valence-corrected chi connectivity index (χ2v) is 8.11. The van der Waals surface area contributed by atoms with Crippen LogP contribution < -0.4 is 5.73 Å². The van der Waals surface area contributed by atoms with E-state index in [4.69, 9.17) is 5.73 Å². The van der Waals surface area contributed by atoms with Crippen LogP contribution in [0.2, 0.25) is 0 Å². The summed E-state index contributed by atoms with van der Waals surface area (Å²) in [5, 5.41) is 4.39. The Balaban J connectivity index is 2.08. The van der Waals surface area contributed by atoms with Crippen LogP contribution in [0.3, 0.4) is 0 Å². The normalized spacial score (nSPS) is 27.3. The Kier molecular flexibility index (Phi) is 5.07. The summed E-state index contributed by atoms with van der Waals surface area (Å²) in [5.41, 5.74) is 6.64. The molecule has 1 heterocycles. The van der Waals surface area contributed by atoms with Gasteiger partial charge in [0.1, 0.15) is 12.2 Å². The van der Waals surface area contributed by atoms with Gasteiger partial charge < -0.3 is 5.73 Å². The third-order valence-electron chi connectivity index (χ3n) is 5.01. The summed E-state index contributed by atoms with van der Waals surface area (Å²) in [6.07, 6.45) is 6.37. The molecular formula is C17H32N4. The first kappa shape index (κ1) is 16.5. The molecule has 1 aliphatic rings. The summed E-state index contributed by atoms with van der Waals surface area (Å²) in [4.78, 5) is 4.50. The lowest BCUT2D eigenvalue weighted by atomic mass is 9.65. The highest BCUT2D eigenvalue weighted by Gasteiger charge is 2.38. The molecule has 2 rings (SSSR count). The average molecular weight is 292 g/mol. The molecule has 1 aromatic heterocycles. The summed E-state index contributed by atoms with van der Waals surface area (Å²) in [5.74, 6) is 3.06. The molecule has 4 nitrogen and oxygen atoms in total. The molecule has 1 aliphatic carbocycles. The van der Waals surface area contributed by atoms with Crippen LogP contribution in [-0.4, -0.2) is 20.8 Å². The molecule has 21 heavy (non-hydrogen) atoms. The van der Waals surface area contributed by atoms with Crippen molar-refractivity contribution >= 4 is 0 Å². The summed E-state index contributed by atoms with van der Waals surface area (Å²) in [6, 6.07) is 0.324. The monoisotopic (exact) mass is 292 g/mol. The van der Waals surface area contributed by atoms with Gasteiger partial charge >= 0.3 is 0 Å². The molecule has 0 radical (unpaired) electrons. The van der Waals surface area contributed by atoms with E-state index >= 15 is 0 Å². The zero-order valence-corrected chi connectivity index (χ0v) is 14.3. The number of hydrogen-bond donors (Lipinski definition) is 1. The number of rotatable bonds is 5. The Morgan fingerprint density at radius 2 is 2.10 bits per heavy atom. The van der Waals surface area contributed by atoms with Crippen molar-refractivity contribution in [2.75, 3.05) is 0 Å². The minimum atomic E-state index is 0.182. The lowest BCUT2D eigenvalue weighted by Crippen LogP contribution is -2.45. The van der Waals surface area contributed by atoms with Gasteiger partial charge in [0.05, 0.1) is 0 Å². The maximum absolute atomic E-state index is 6.46. The van der Waals surface area contributed by atoms with Crippen molar-refractivity contribution in [1.29, 1.82) is 0 Å². The maximum atomic E-state index is 6.46. The standard InChI is InChI=1S/C17H32N4/c1-12(2)10-21-16(19-11-20-21)9-17(4,5)14-7-6-13(3)8-15(14)18/h11-15H,6-10,18H2,1-5H3. The lowest BCUT2D eigenvalue weighted by molar-refractivity contribution is 0.110. The lowest BCUT2D eigenvalue weighted by Gasteiger charge is -2.42. The van der Waals surface area contributed by atoms with Crippen molar-refractivity contribution in [3.63, 3.8) is 0 Å². The molecule has 1 saturated carbocycles. The highest BCUT2D eigenvalue weighted by atomic mass is 15.3. The Labute approximate surface area is 129 Å². The van der Waals surface area contributed by atoms with Crippen LogP contribution in [0.4, 0.5) is 0 Å². The van der Waals surface area contributed by atoms with E-state index in [1.165, 1.54) is 12.8 Å². The van der Waals surface area contributed by atoms with E-state index in [0.717, 1.165) is 31.1 Å². The van der Waals surface area contributed by atoms with Gasteiger partial charge in [-0.1, -0.05) is 41.0 Å². The SMILES string of the molecule is CC(C)Cn1ncnc1CC(C)(C)C1CCC(C)CC1N. The molecule has 120 valence electrons. The minimum absolute atomic E-state index is 0.182. The van der Waals surface area contributed by atoms with E-state index in [1.54, 1.807) is 6.33 Å². The van der Waals surface area contributed by atoms with Crippen molar-refractivity contribution in [1.82, 2.24) is 14.8 Å². The van der Waals surface area contributed by atoms with Gasteiger partial charge in [0.15, 0.2) is 0 Å². The van der Waals surface area contributed by atoms with Crippen molar-refractivity contribution < 1.29 is 0 Å². The maximum Gasteiger partial charge on any atom is 0.138 e. The summed E-state index contributed by atoms with van der Waals surface area (Å²) < 4.78 is 2.07. The molecule has 0 aliphatic heterocycles. The third kappa shape index (κ3) is 4.06. The number of hydrogen-bond acceptors (Lipinski definition) is 3. The average Bonchev–Trinajstić information content (AvgIpc) is 2.74. The largest absolute Gasteiger partial charge is 0.327 e.